The molecule has 5 nitrogen and oxygen atoms in total. The van der Waals surface area contributed by atoms with Crippen molar-refractivity contribution in [3.05, 3.63) is 87.3 Å². The second kappa shape index (κ2) is 10.3. The van der Waals surface area contributed by atoms with Crippen LogP contribution >= 0.6 is 0 Å². The lowest BCUT2D eigenvalue weighted by molar-refractivity contribution is -0.137. The maximum absolute atomic E-state index is 13.2. The fourth-order valence-electron chi connectivity index (χ4n) is 3.51. The van der Waals surface area contributed by atoms with Gasteiger partial charge >= 0.3 is 6.18 Å². The molecule has 0 saturated heterocycles. The molecule has 0 aliphatic carbocycles. The van der Waals surface area contributed by atoms with Gasteiger partial charge in [-0.3, -0.25) is 13.8 Å². The summed E-state index contributed by atoms with van der Waals surface area (Å²) in [7, 11) is -1.15. The fraction of sp³-hybridized carbons (Fsp3) is 0.250. The number of aromatic nitrogens is 1. The molecule has 0 aliphatic rings. The van der Waals surface area contributed by atoms with Gasteiger partial charge < -0.3 is 9.88 Å². The summed E-state index contributed by atoms with van der Waals surface area (Å²) in [6, 6.07) is 10.9. The normalized spacial score (nSPS) is 12.4. The van der Waals surface area contributed by atoms with Crippen molar-refractivity contribution in [1.29, 1.82) is 0 Å². The highest BCUT2D eigenvalue weighted by Gasteiger charge is 2.31. The topological polar surface area (TPSA) is 68.2 Å². The predicted octanol–water partition coefficient (Wildman–Crippen LogP) is 4.48. The molecule has 34 heavy (non-hydrogen) atoms. The number of halogens is 4. The molecule has 3 rings (SSSR count). The summed E-state index contributed by atoms with van der Waals surface area (Å²) in [5, 5.41) is 2.61. The van der Waals surface area contributed by atoms with E-state index in [2.05, 4.69) is 5.32 Å². The van der Waals surface area contributed by atoms with Crippen LogP contribution in [-0.4, -0.2) is 27.6 Å². The molecular weight excluding hydrogens is 472 g/mol. The quantitative estimate of drug-likeness (QED) is 0.493. The maximum atomic E-state index is 13.2. The number of hydrogen-bond acceptors (Lipinski definition) is 3. The number of hydrogen-bond donors (Lipinski definition) is 1. The highest BCUT2D eigenvalue weighted by Crippen LogP contribution is 2.32. The van der Waals surface area contributed by atoms with Crippen LogP contribution < -0.4 is 10.7 Å². The van der Waals surface area contributed by atoms with E-state index >= 15 is 0 Å². The molecule has 0 aliphatic heterocycles. The van der Waals surface area contributed by atoms with E-state index in [0.717, 1.165) is 12.1 Å². The van der Waals surface area contributed by atoms with Crippen LogP contribution in [0.15, 0.2) is 64.4 Å². The van der Waals surface area contributed by atoms with Crippen LogP contribution in [0.4, 0.5) is 17.6 Å². The molecule has 1 N–H and O–H groups in total. The third kappa shape index (κ3) is 5.61. The molecule has 1 heterocycles. The molecule has 1 aromatic heterocycles. The minimum Gasteiger partial charge on any atom is -0.348 e. The first kappa shape index (κ1) is 25.4. The maximum Gasteiger partial charge on any atom is 0.416 e. The number of nitrogens with one attached hydrogen (secondary N) is 1. The van der Waals surface area contributed by atoms with Crippen molar-refractivity contribution in [2.75, 3.05) is 12.9 Å². The van der Waals surface area contributed by atoms with Crippen LogP contribution in [0.25, 0.3) is 11.1 Å². The Morgan fingerprint density at radius 3 is 2.38 bits per heavy atom. The van der Waals surface area contributed by atoms with E-state index in [0.29, 0.717) is 10.5 Å². The second-order valence-electron chi connectivity index (χ2n) is 7.57. The van der Waals surface area contributed by atoms with Gasteiger partial charge in [0.05, 0.1) is 12.1 Å². The standard InChI is InChI=1S/C24H22F4N2O3S/c1-15-21(17-4-3-5-18(12-17)24(26,27)28)22(31)20(14-30(15)11-10-25)23(32)29-13-16-6-8-19(9-7-16)34(2)33/h3-9,12,14H,10-11,13H2,1-2H3,(H,29,32). The first-order valence-electron chi connectivity index (χ1n) is 10.2. The van der Waals surface area contributed by atoms with Crippen LogP contribution in [0.2, 0.25) is 0 Å². The Morgan fingerprint density at radius 1 is 1.12 bits per heavy atom. The monoisotopic (exact) mass is 494 g/mol. The third-order valence-electron chi connectivity index (χ3n) is 5.31. The highest BCUT2D eigenvalue weighted by molar-refractivity contribution is 7.84. The lowest BCUT2D eigenvalue weighted by Gasteiger charge is -2.17. The lowest BCUT2D eigenvalue weighted by atomic mass is 9.99. The third-order valence-corrected chi connectivity index (χ3v) is 6.24. The molecule has 0 radical (unpaired) electrons. The minimum absolute atomic E-state index is 0.0114. The number of alkyl halides is 4. The average Bonchev–Trinajstić information content (AvgIpc) is 2.79. The zero-order valence-corrected chi connectivity index (χ0v) is 19.2. The van der Waals surface area contributed by atoms with E-state index in [-0.39, 0.29) is 35.5 Å². The van der Waals surface area contributed by atoms with Crippen molar-refractivity contribution >= 4 is 16.7 Å². The Bertz CT molecular complexity index is 1280. The molecule has 3 aromatic rings. The molecule has 1 amide bonds. The van der Waals surface area contributed by atoms with Crippen LogP contribution in [0.5, 0.6) is 0 Å². The molecule has 1 atom stereocenters. The number of rotatable bonds is 7. The van der Waals surface area contributed by atoms with Crippen molar-refractivity contribution in [1.82, 2.24) is 9.88 Å². The van der Waals surface area contributed by atoms with Gasteiger partial charge in [0.25, 0.3) is 5.91 Å². The molecule has 180 valence electrons. The van der Waals surface area contributed by atoms with Crippen LogP contribution in [0, 0.1) is 6.92 Å². The number of carbonyl (C=O) groups excluding carboxylic acids is 1. The van der Waals surface area contributed by atoms with E-state index in [1.54, 1.807) is 30.5 Å². The van der Waals surface area contributed by atoms with Gasteiger partial charge in [-0.05, 0) is 42.3 Å². The van der Waals surface area contributed by atoms with Crippen molar-refractivity contribution < 1.29 is 26.6 Å². The van der Waals surface area contributed by atoms with Gasteiger partial charge in [-0.2, -0.15) is 13.2 Å². The highest BCUT2D eigenvalue weighted by atomic mass is 32.2. The van der Waals surface area contributed by atoms with E-state index in [1.165, 1.54) is 29.8 Å². The van der Waals surface area contributed by atoms with Gasteiger partial charge in [0.2, 0.25) is 5.43 Å². The summed E-state index contributed by atoms with van der Waals surface area (Å²) in [5.74, 6) is -0.742. The molecule has 1 unspecified atom stereocenters. The van der Waals surface area contributed by atoms with E-state index < -0.39 is 40.5 Å². The molecular formula is C24H22F4N2O3S. The van der Waals surface area contributed by atoms with Crippen molar-refractivity contribution in [2.24, 2.45) is 0 Å². The Hall–Kier alpha value is -3.27. The Balaban J connectivity index is 1.99. The Labute approximate surface area is 195 Å². The average molecular weight is 495 g/mol. The van der Waals surface area contributed by atoms with Crippen molar-refractivity contribution in [3.8, 4) is 11.1 Å². The SMILES string of the molecule is Cc1c(-c2cccc(C(F)(F)F)c2)c(=O)c(C(=O)NCc2ccc(S(C)=O)cc2)cn1CCF. The fourth-order valence-corrected chi connectivity index (χ4v) is 4.03. The molecule has 2 aromatic carbocycles. The number of nitrogens with zero attached hydrogens (tertiary/aromatic N) is 1. The van der Waals surface area contributed by atoms with Gasteiger partial charge in [-0.15, -0.1) is 0 Å². The van der Waals surface area contributed by atoms with E-state index in [4.69, 9.17) is 0 Å². The minimum atomic E-state index is -4.61. The van der Waals surface area contributed by atoms with Crippen molar-refractivity contribution in [2.45, 2.75) is 31.1 Å². The Kier molecular flexibility index (Phi) is 7.71. The zero-order valence-electron chi connectivity index (χ0n) is 18.4. The summed E-state index contributed by atoms with van der Waals surface area (Å²) >= 11 is 0. The van der Waals surface area contributed by atoms with Gasteiger partial charge in [0.15, 0.2) is 0 Å². The van der Waals surface area contributed by atoms with Crippen molar-refractivity contribution in [3.63, 3.8) is 0 Å². The molecule has 10 heteroatoms. The number of amides is 1. The van der Waals surface area contributed by atoms with Crippen LogP contribution in [0.3, 0.4) is 0 Å². The first-order chi connectivity index (χ1) is 16.0. The van der Waals surface area contributed by atoms with E-state index in [9.17, 15) is 31.4 Å². The van der Waals surface area contributed by atoms with Crippen LogP contribution in [-0.2, 0) is 30.1 Å². The van der Waals surface area contributed by atoms with Gasteiger partial charge in [-0.1, -0.05) is 24.3 Å². The summed E-state index contributed by atoms with van der Waals surface area (Å²) in [6.45, 7) is 0.588. The first-order valence-corrected chi connectivity index (χ1v) is 11.8. The van der Waals surface area contributed by atoms with Gasteiger partial charge in [0, 0.05) is 45.9 Å². The summed E-state index contributed by atoms with van der Waals surface area (Å²) < 4.78 is 65.6. The number of benzene rings is 2. The smallest absolute Gasteiger partial charge is 0.348 e. The summed E-state index contributed by atoms with van der Waals surface area (Å²) in [5.41, 5.74) is -1.16. The molecule has 0 bridgehead atoms. The lowest BCUT2D eigenvalue weighted by Crippen LogP contribution is -2.31. The second-order valence-corrected chi connectivity index (χ2v) is 8.95. The van der Waals surface area contributed by atoms with Gasteiger partial charge in [0.1, 0.15) is 12.2 Å². The molecule has 0 spiro atoms. The summed E-state index contributed by atoms with van der Waals surface area (Å²) in [6.07, 6.45) is -1.86. The Morgan fingerprint density at radius 2 is 1.79 bits per heavy atom. The number of aryl methyl sites for hydroxylation is 1. The number of pyridine rings is 1. The van der Waals surface area contributed by atoms with Crippen LogP contribution in [0.1, 0.15) is 27.2 Å². The predicted molar refractivity (Wildman–Crippen MR) is 122 cm³/mol. The number of carbonyl (C=O) groups is 1. The molecule has 0 fully saturated rings. The summed E-state index contributed by atoms with van der Waals surface area (Å²) in [4.78, 5) is 26.7. The van der Waals surface area contributed by atoms with E-state index in [1.807, 2.05) is 0 Å². The molecule has 0 saturated carbocycles. The largest absolute Gasteiger partial charge is 0.416 e. The van der Waals surface area contributed by atoms with Gasteiger partial charge in [-0.25, -0.2) is 4.39 Å². The zero-order chi connectivity index (χ0) is 25.0.